The fourth-order valence-corrected chi connectivity index (χ4v) is 2.16. The quantitative estimate of drug-likeness (QED) is 0.900. The summed E-state index contributed by atoms with van der Waals surface area (Å²) in [4.78, 5) is 16.3. The van der Waals surface area contributed by atoms with Crippen molar-refractivity contribution in [1.29, 1.82) is 0 Å². The Labute approximate surface area is 105 Å². The average molecular weight is 246 g/mol. The number of rotatable bonds is 4. The largest absolute Gasteiger partial charge is 0.349 e. The van der Waals surface area contributed by atoms with Gasteiger partial charge in [0.05, 0.1) is 11.7 Å². The fourth-order valence-electron chi connectivity index (χ4n) is 1.64. The number of amides is 1. The van der Waals surface area contributed by atoms with Gasteiger partial charge in [0.25, 0.3) is 5.91 Å². The second-order valence-electron chi connectivity index (χ2n) is 3.93. The molecule has 17 heavy (non-hydrogen) atoms. The second-order valence-corrected chi connectivity index (χ2v) is 4.82. The molecule has 2 aromatic rings. The average Bonchev–Trinajstić information content (AvgIpc) is 2.83. The van der Waals surface area contributed by atoms with Gasteiger partial charge in [0.15, 0.2) is 0 Å². The molecule has 3 nitrogen and oxygen atoms in total. The lowest BCUT2D eigenvalue weighted by Crippen LogP contribution is -2.33. The molecule has 0 aliphatic rings. The number of nitrogens with one attached hydrogen (secondary N) is 1. The van der Waals surface area contributed by atoms with Gasteiger partial charge in [-0.2, -0.15) is 0 Å². The highest BCUT2D eigenvalue weighted by molar-refractivity contribution is 7.11. The SMILES string of the molecule is CC(Cc1ccccc1)NC(=O)c1cncs1. The van der Waals surface area contributed by atoms with E-state index >= 15 is 0 Å². The molecule has 0 fully saturated rings. The van der Waals surface area contributed by atoms with E-state index in [4.69, 9.17) is 0 Å². The number of carbonyl (C=O) groups excluding carboxylic acids is 1. The van der Waals surface area contributed by atoms with Gasteiger partial charge >= 0.3 is 0 Å². The highest BCUT2D eigenvalue weighted by Gasteiger charge is 2.11. The Morgan fingerprint density at radius 2 is 2.18 bits per heavy atom. The van der Waals surface area contributed by atoms with E-state index < -0.39 is 0 Å². The van der Waals surface area contributed by atoms with Gasteiger partial charge in [0, 0.05) is 6.04 Å². The molecule has 2 rings (SSSR count). The van der Waals surface area contributed by atoms with Crippen LogP contribution in [0.15, 0.2) is 42.0 Å². The molecule has 1 heterocycles. The highest BCUT2D eigenvalue weighted by atomic mass is 32.1. The van der Waals surface area contributed by atoms with Gasteiger partial charge in [-0.05, 0) is 18.9 Å². The lowest BCUT2D eigenvalue weighted by atomic mass is 10.1. The highest BCUT2D eigenvalue weighted by Crippen LogP contribution is 2.07. The first-order chi connectivity index (χ1) is 8.25. The van der Waals surface area contributed by atoms with Crippen LogP contribution in [-0.4, -0.2) is 16.9 Å². The van der Waals surface area contributed by atoms with Gasteiger partial charge in [-0.3, -0.25) is 9.78 Å². The number of hydrogen-bond donors (Lipinski definition) is 1. The summed E-state index contributed by atoms with van der Waals surface area (Å²) in [6.07, 6.45) is 2.43. The van der Waals surface area contributed by atoms with Crippen molar-refractivity contribution in [2.24, 2.45) is 0 Å². The standard InChI is InChI=1S/C13H14N2OS/c1-10(7-11-5-3-2-4-6-11)15-13(16)12-8-14-9-17-12/h2-6,8-10H,7H2,1H3,(H,15,16). The predicted molar refractivity (Wildman–Crippen MR) is 69.2 cm³/mol. The zero-order chi connectivity index (χ0) is 12.1. The van der Waals surface area contributed by atoms with Gasteiger partial charge in [-0.25, -0.2) is 0 Å². The third-order valence-corrected chi connectivity index (χ3v) is 3.19. The van der Waals surface area contributed by atoms with Gasteiger partial charge in [-0.1, -0.05) is 30.3 Å². The van der Waals surface area contributed by atoms with Crippen LogP contribution in [0.5, 0.6) is 0 Å². The van der Waals surface area contributed by atoms with E-state index in [2.05, 4.69) is 22.4 Å². The van der Waals surface area contributed by atoms with Crippen LogP contribution < -0.4 is 5.32 Å². The summed E-state index contributed by atoms with van der Waals surface area (Å²) >= 11 is 1.36. The number of aromatic nitrogens is 1. The van der Waals surface area contributed by atoms with Crippen molar-refractivity contribution in [1.82, 2.24) is 10.3 Å². The van der Waals surface area contributed by atoms with Crippen LogP contribution in [0, 0.1) is 0 Å². The smallest absolute Gasteiger partial charge is 0.263 e. The first-order valence-electron chi connectivity index (χ1n) is 5.49. The number of nitrogens with zero attached hydrogens (tertiary/aromatic N) is 1. The molecule has 1 atom stereocenters. The molecule has 0 spiro atoms. The van der Waals surface area contributed by atoms with Crippen LogP contribution in [0.1, 0.15) is 22.2 Å². The Morgan fingerprint density at radius 1 is 1.41 bits per heavy atom. The maximum Gasteiger partial charge on any atom is 0.263 e. The topological polar surface area (TPSA) is 42.0 Å². The summed E-state index contributed by atoms with van der Waals surface area (Å²) < 4.78 is 0. The Hall–Kier alpha value is -1.68. The first kappa shape index (κ1) is 11.8. The summed E-state index contributed by atoms with van der Waals surface area (Å²) in [5.41, 5.74) is 2.89. The van der Waals surface area contributed by atoms with E-state index in [1.807, 2.05) is 25.1 Å². The monoisotopic (exact) mass is 246 g/mol. The van der Waals surface area contributed by atoms with E-state index in [1.54, 1.807) is 11.7 Å². The van der Waals surface area contributed by atoms with Crippen molar-refractivity contribution >= 4 is 17.2 Å². The third-order valence-electron chi connectivity index (χ3n) is 2.42. The van der Waals surface area contributed by atoms with Crippen molar-refractivity contribution in [2.75, 3.05) is 0 Å². The molecule has 0 saturated carbocycles. The van der Waals surface area contributed by atoms with Crippen molar-refractivity contribution < 1.29 is 4.79 Å². The summed E-state index contributed by atoms with van der Waals surface area (Å²) in [5, 5.41) is 2.96. The maximum absolute atomic E-state index is 11.8. The maximum atomic E-state index is 11.8. The Balaban J connectivity index is 1.90. The number of hydrogen-bond acceptors (Lipinski definition) is 3. The molecular weight excluding hydrogens is 232 g/mol. The van der Waals surface area contributed by atoms with Crippen LogP contribution in [0.4, 0.5) is 0 Å². The lowest BCUT2D eigenvalue weighted by molar-refractivity contribution is 0.0944. The van der Waals surface area contributed by atoms with Gasteiger partial charge in [-0.15, -0.1) is 11.3 Å². The molecule has 1 aromatic carbocycles. The van der Waals surface area contributed by atoms with E-state index in [9.17, 15) is 4.79 Å². The first-order valence-corrected chi connectivity index (χ1v) is 6.37. The van der Waals surface area contributed by atoms with E-state index in [1.165, 1.54) is 16.9 Å². The van der Waals surface area contributed by atoms with E-state index in [-0.39, 0.29) is 11.9 Å². The molecule has 1 aromatic heterocycles. The van der Waals surface area contributed by atoms with Gasteiger partial charge in [0.2, 0.25) is 0 Å². The van der Waals surface area contributed by atoms with Gasteiger partial charge < -0.3 is 5.32 Å². The summed E-state index contributed by atoms with van der Waals surface area (Å²) in [6.45, 7) is 2.01. The Kier molecular flexibility index (Phi) is 3.88. The third kappa shape index (κ3) is 3.39. The molecule has 1 unspecified atom stereocenters. The summed E-state index contributed by atoms with van der Waals surface area (Å²) in [6, 6.07) is 10.3. The van der Waals surface area contributed by atoms with E-state index in [0.29, 0.717) is 4.88 Å². The number of benzene rings is 1. The molecule has 88 valence electrons. The zero-order valence-electron chi connectivity index (χ0n) is 9.59. The van der Waals surface area contributed by atoms with Crippen LogP contribution in [0.2, 0.25) is 0 Å². The molecule has 0 saturated heterocycles. The molecule has 0 radical (unpaired) electrons. The minimum atomic E-state index is -0.0454. The van der Waals surface area contributed by atoms with Crippen LogP contribution >= 0.6 is 11.3 Å². The minimum Gasteiger partial charge on any atom is -0.349 e. The van der Waals surface area contributed by atoms with Gasteiger partial charge in [0.1, 0.15) is 4.88 Å². The molecule has 0 aliphatic heterocycles. The summed E-state index contributed by atoms with van der Waals surface area (Å²) in [7, 11) is 0. The number of thiazole rings is 1. The fraction of sp³-hybridized carbons (Fsp3) is 0.231. The van der Waals surface area contributed by atoms with E-state index in [0.717, 1.165) is 6.42 Å². The zero-order valence-corrected chi connectivity index (χ0v) is 10.4. The summed E-state index contributed by atoms with van der Waals surface area (Å²) in [5.74, 6) is -0.0454. The predicted octanol–water partition coefficient (Wildman–Crippen LogP) is 2.50. The van der Waals surface area contributed by atoms with Crippen LogP contribution in [0.25, 0.3) is 0 Å². The van der Waals surface area contributed by atoms with Crippen LogP contribution in [0.3, 0.4) is 0 Å². The van der Waals surface area contributed by atoms with Crippen LogP contribution in [-0.2, 0) is 6.42 Å². The molecule has 0 bridgehead atoms. The van der Waals surface area contributed by atoms with Crippen molar-refractivity contribution in [3.8, 4) is 0 Å². The van der Waals surface area contributed by atoms with Crippen molar-refractivity contribution in [3.05, 3.63) is 52.5 Å². The van der Waals surface area contributed by atoms with Crippen molar-refractivity contribution in [2.45, 2.75) is 19.4 Å². The molecule has 0 aliphatic carbocycles. The lowest BCUT2D eigenvalue weighted by Gasteiger charge is -2.12. The van der Waals surface area contributed by atoms with Crippen molar-refractivity contribution in [3.63, 3.8) is 0 Å². The molecular formula is C13H14N2OS. The second kappa shape index (κ2) is 5.59. The molecule has 1 amide bonds. The Bertz CT molecular complexity index is 467. The molecule has 4 heteroatoms. The molecule has 1 N–H and O–H groups in total. The minimum absolute atomic E-state index is 0.0454. The number of carbonyl (C=O) groups is 1. The normalized spacial score (nSPS) is 12.1. The Morgan fingerprint density at radius 3 is 2.82 bits per heavy atom.